The summed E-state index contributed by atoms with van der Waals surface area (Å²) in [6.45, 7) is 6.77. The Kier molecular flexibility index (Phi) is 7.54. The van der Waals surface area contributed by atoms with Crippen molar-refractivity contribution >= 4 is 11.9 Å². The summed E-state index contributed by atoms with van der Waals surface area (Å²) in [6, 6.07) is -0.569. The average Bonchev–Trinajstić information content (AvgIpc) is 2.25. The first-order valence-electron chi connectivity index (χ1n) is 5.60. The zero-order valence-corrected chi connectivity index (χ0v) is 10.5. The molecule has 0 bridgehead atoms. The number of rotatable bonds is 7. The van der Waals surface area contributed by atoms with E-state index in [1.165, 1.54) is 7.11 Å². The Bertz CT molecular complexity index is 229. The van der Waals surface area contributed by atoms with Gasteiger partial charge < -0.3 is 15.4 Å². The lowest BCUT2D eigenvalue weighted by atomic mass is 10.0. The summed E-state index contributed by atoms with van der Waals surface area (Å²) in [5.41, 5.74) is 0. The van der Waals surface area contributed by atoms with Crippen molar-refractivity contribution in [3.63, 3.8) is 0 Å². The SMILES string of the molecule is CCCNCC(=O)N[C@H](C(=O)OC)C(C)C. The molecule has 0 radical (unpaired) electrons. The first kappa shape index (κ1) is 14.9. The lowest BCUT2D eigenvalue weighted by Crippen LogP contribution is -2.47. The van der Waals surface area contributed by atoms with Gasteiger partial charge in [-0.3, -0.25) is 4.79 Å². The lowest BCUT2D eigenvalue weighted by Gasteiger charge is -2.19. The van der Waals surface area contributed by atoms with Gasteiger partial charge in [0.05, 0.1) is 13.7 Å². The minimum absolute atomic E-state index is 0.0163. The predicted molar refractivity (Wildman–Crippen MR) is 61.9 cm³/mol. The predicted octanol–water partition coefficient (Wildman–Crippen LogP) is 0.300. The molecule has 2 N–H and O–H groups in total. The average molecular weight is 230 g/mol. The van der Waals surface area contributed by atoms with Gasteiger partial charge in [-0.2, -0.15) is 0 Å². The minimum Gasteiger partial charge on any atom is -0.467 e. The number of carbonyl (C=O) groups excluding carboxylic acids is 2. The quantitative estimate of drug-likeness (QED) is 0.487. The van der Waals surface area contributed by atoms with E-state index in [9.17, 15) is 9.59 Å². The summed E-state index contributed by atoms with van der Waals surface area (Å²) in [5, 5.41) is 5.62. The zero-order valence-electron chi connectivity index (χ0n) is 10.5. The summed E-state index contributed by atoms with van der Waals surface area (Å²) in [5.74, 6) is -0.570. The van der Waals surface area contributed by atoms with E-state index < -0.39 is 12.0 Å². The van der Waals surface area contributed by atoms with Gasteiger partial charge in [-0.15, -0.1) is 0 Å². The van der Waals surface area contributed by atoms with Gasteiger partial charge in [-0.1, -0.05) is 20.8 Å². The fourth-order valence-corrected chi connectivity index (χ4v) is 1.23. The van der Waals surface area contributed by atoms with E-state index in [1.807, 2.05) is 20.8 Å². The van der Waals surface area contributed by atoms with E-state index in [2.05, 4.69) is 15.4 Å². The fourth-order valence-electron chi connectivity index (χ4n) is 1.23. The molecule has 16 heavy (non-hydrogen) atoms. The van der Waals surface area contributed by atoms with Gasteiger partial charge in [-0.05, 0) is 18.9 Å². The van der Waals surface area contributed by atoms with Gasteiger partial charge in [0.1, 0.15) is 6.04 Å². The number of hydrogen-bond acceptors (Lipinski definition) is 4. The normalized spacial score (nSPS) is 12.3. The highest BCUT2D eigenvalue weighted by Crippen LogP contribution is 2.02. The number of esters is 1. The van der Waals surface area contributed by atoms with Gasteiger partial charge in [0, 0.05) is 0 Å². The third-order valence-electron chi connectivity index (χ3n) is 2.15. The molecule has 0 aliphatic heterocycles. The van der Waals surface area contributed by atoms with E-state index in [-0.39, 0.29) is 18.4 Å². The maximum atomic E-state index is 11.5. The Morgan fingerprint density at radius 2 is 1.94 bits per heavy atom. The molecule has 0 aromatic carbocycles. The van der Waals surface area contributed by atoms with Crippen LogP contribution < -0.4 is 10.6 Å². The van der Waals surface area contributed by atoms with Gasteiger partial charge in [0.2, 0.25) is 5.91 Å². The van der Waals surface area contributed by atoms with E-state index in [0.717, 1.165) is 13.0 Å². The highest BCUT2D eigenvalue weighted by atomic mass is 16.5. The molecule has 0 unspecified atom stereocenters. The summed E-state index contributed by atoms with van der Waals surface area (Å²) in [6.07, 6.45) is 0.970. The van der Waals surface area contributed by atoms with Crippen molar-refractivity contribution < 1.29 is 14.3 Å². The number of hydrogen-bond donors (Lipinski definition) is 2. The van der Waals surface area contributed by atoms with Crippen molar-refractivity contribution in [2.24, 2.45) is 5.92 Å². The highest BCUT2D eigenvalue weighted by molar-refractivity contribution is 5.85. The van der Waals surface area contributed by atoms with Crippen molar-refractivity contribution in [3.05, 3.63) is 0 Å². The van der Waals surface area contributed by atoms with Gasteiger partial charge >= 0.3 is 5.97 Å². The van der Waals surface area contributed by atoms with Crippen molar-refractivity contribution in [2.45, 2.75) is 33.2 Å². The molecule has 0 aromatic rings. The molecule has 0 rings (SSSR count). The van der Waals surface area contributed by atoms with Crippen LogP contribution in [0.5, 0.6) is 0 Å². The second kappa shape index (κ2) is 8.10. The first-order chi connectivity index (χ1) is 7.52. The Labute approximate surface area is 96.9 Å². The lowest BCUT2D eigenvalue weighted by molar-refractivity contribution is -0.146. The van der Waals surface area contributed by atoms with Gasteiger partial charge in [0.15, 0.2) is 0 Å². The molecule has 0 aliphatic carbocycles. The Morgan fingerprint density at radius 1 is 1.31 bits per heavy atom. The van der Waals surface area contributed by atoms with Crippen LogP contribution in [0.3, 0.4) is 0 Å². The maximum absolute atomic E-state index is 11.5. The van der Waals surface area contributed by atoms with Crippen LogP contribution in [0, 0.1) is 5.92 Å². The Hall–Kier alpha value is -1.10. The van der Waals surface area contributed by atoms with E-state index in [0.29, 0.717) is 0 Å². The molecule has 0 aromatic heterocycles. The molecule has 1 amide bonds. The number of methoxy groups -OCH3 is 1. The topological polar surface area (TPSA) is 67.4 Å². The number of ether oxygens (including phenoxy) is 1. The summed E-state index contributed by atoms with van der Waals surface area (Å²) in [4.78, 5) is 22.8. The largest absolute Gasteiger partial charge is 0.467 e. The van der Waals surface area contributed by atoms with Crippen LogP contribution in [0.4, 0.5) is 0 Å². The molecule has 5 nitrogen and oxygen atoms in total. The molecule has 0 saturated carbocycles. The molecule has 0 heterocycles. The molecule has 0 spiro atoms. The van der Waals surface area contributed by atoms with Crippen molar-refractivity contribution in [2.75, 3.05) is 20.2 Å². The number of amides is 1. The highest BCUT2D eigenvalue weighted by Gasteiger charge is 2.24. The number of carbonyl (C=O) groups is 2. The van der Waals surface area contributed by atoms with Crippen LogP contribution in [-0.4, -0.2) is 38.1 Å². The monoisotopic (exact) mass is 230 g/mol. The third-order valence-corrected chi connectivity index (χ3v) is 2.15. The standard InChI is InChI=1S/C11H22N2O3/c1-5-6-12-7-9(14)13-10(8(2)3)11(15)16-4/h8,10,12H,5-7H2,1-4H3,(H,13,14)/t10-/m0/s1. The van der Waals surface area contributed by atoms with Crippen molar-refractivity contribution in [1.29, 1.82) is 0 Å². The Balaban J connectivity index is 4.09. The molecule has 0 fully saturated rings. The van der Waals surface area contributed by atoms with E-state index in [4.69, 9.17) is 0 Å². The zero-order chi connectivity index (χ0) is 12.6. The smallest absolute Gasteiger partial charge is 0.328 e. The van der Waals surface area contributed by atoms with Crippen LogP contribution in [0.1, 0.15) is 27.2 Å². The van der Waals surface area contributed by atoms with Crippen LogP contribution in [0.15, 0.2) is 0 Å². The van der Waals surface area contributed by atoms with Crippen LogP contribution >= 0.6 is 0 Å². The van der Waals surface area contributed by atoms with Gasteiger partial charge in [-0.25, -0.2) is 4.79 Å². The fraction of sp³-hybridized carbons (Fsp3) is 0.818. The molecule has 94 valence electrons. The van der Waals surface area contributed by atoms with Gasteiger partial charge in [0.25, 0.3) is 0 Å². The van der Waals surface area contributed by atoms with E-state index in [1.54, 1.807) is 0 Å². The summed E-state index contributed by atoms with van der Waals surface area (Å²) in [7, 11) is 1.32. The molecule has 0 aliphatic rings. The summed E-state index contributed by atoms with van der Waals surface area (Å²) < 4.78 is 4.63. The molecular formula is C11H22N2O3. The Morgan fingerprint density at radius 3 is 2.38 bits per heavy atom. The molecule has 5 heteroatoms. The first-order valence-corrected chi connectivity index (χ1v) is 5.60. The number of nitrogens with one attached hydrogen (secondary N) is 2. The molecular weight excluding hydrogens is 208 g/mol. The maximum Gasteiger partial charge on any atom is 0.328 e. The second-order valence-corrected chi connectivity index (χ2v) is 3.99. The summed E-state index contributed by atoms with van der Waals surface area (Å²) >= 11 is 0. The van der Waals surface area contributed by atoms with Crippen molar-refractivity contribution in [1.82, 2.24) is 10.6 Å². The van der Waals surface area contributed by atoms with Crippen LogP contribution in [-0.2, 0) is 14.3 Å². The van der Waals surface area contributed by atoms with Crippen molar-refractivity contribution in [3.8, 4) is 0 Å². The third kappa shape index (κ3) is 5.70. The molecule has 0 saturated heterocycles. The second-order valence-electron chi connectivity index (χ2n) is 3.99. The van der Waals surface area contributed by atoms with Crippen LogP contribution in [0.2, 0.25) is 0 Å². The van der Waals surface area contributed by atoms with E-state index >= 15 is 0 Å². The van der Waals surface area contributed by atoms with Crippen LogP contribution in [0.25, 0.3) is 0 Å². The molecule has 1 atom stereocenters. The minimum atomic E-state index is -0.569.